The van der Waals surface area contributed by atoms with E-state index in [1.807, 2.05) is 68.7 Å². The lowest BCUT2D eigenvalue weighted by molar-refractivity contribution is -0.128. The van der Waals surface area contributed by atoms with Crippen molar-refractivity contribution < 1.29 is 9.59 Å². The lowest BCUT2D eigenvalue weighted by Gasteiger charge is -2.17. The number of rotatable bonds is 6. The van der Waals surface area contributed by atoms with E-state index >= 15 is 0 Å². The summed E-state index contributed by atoms with van der Waals surface area (Å²) in [7, 11) is 4.02. The maximum absolute atomic E-state index is 12.6. The van der Waals surface area contributed by atoms with Gasteiger partial charge in [0, 0.05) is 31.7 Å². The van der Waals surface area contributed by atoms with Crippen molar-refractivity contribution in [2.75, 3.05) is 26.0 Å². The molecule has 1 unspecified atom stereocenters. The Morgan fingerprint density at radius 2 is 1.85 bits per heavy atom. The number of carbonyl (C=O) groups is 2. The Bertz CT molecular complexity index is 774. The summed E-state index contributed by atoms with van der Waals surface area (Å²) in [5.74, 6) is -0.352. The molecule has 136 valence electrons. The van der Waals surface area contributed by atoms with E-state index < -0.39 is 0 Å². The first kappa shape index (κ1) is 18.1. The second kappa shape index (κ2) is 8.15. The normalized spacial score (nSPS) is 17.0. The summed E-state index contributed by atoms with van der Waals surface area (Å²) < 4.78 is 0. The number of amides is 2. The van der Waals surface area contributed by atoms with Crippen LogP contribution in [0.3, 0.4) is 0 Å². The number of hydrogen-bond acceptors (Lipinski definition) is 3. The van der Waals surface area contributed by atoms with Gasteiger partial charge in [0.2, 0.25) is 11.8 Å². The van der Waals surface area contributed by atoms with Crippen LogP contribution in [0.1, 0.15) is 17.5 Å². The number of likely N-dealkylation sites (tertiary alicyclic amines) is 1. The van der Waals surface area contributed by atoms with Gasteiger partial charge < -0.3 is 15.1 Å². The Labute approximate surface area is 154 Å². The fourth-order valence-electron chi connectivity index (χ4n) is 3.26. The van der Waals surface area contributed by atoms with Crippen molar-refractivity contribution in [3.8, 4) is 0 Å². The van der Waals surface area contributed by atoms with Crippen molar-refractivity contribution in [2.24, 2.45) is 5.92 Å². The highest BCUT2D eigenvalue weighted by Gasteiger charge is 2.34. The monoisotopic (exact) mass is 351 g/mol. The zero-order valence-electron chi connectivity index (χ0n) is 15.3. The van der Waals surface area contributed by atoms with E-state index in [2.05, 4.69) is 10.2 Å². The summed E-state index contributed by atoms with van der Waals surface area (Å²) in [5, 5.41) is 2.97. The summed E-state index contributed by atoms with van der Waals surface area (Å²) in [5.41, 5.74) is 3.00. The summed E-state index contributed by atoms with van der Waals surface area (Å²) in [6.07, 6.45) is 0.274. The van der Waals surface area contributed by atoms with Crippen LogP contribution < -0.4 is 5.32 Å². The van der Waals surface area contributed by atoms with Crippen molar-refractivity contribution in [1.29, 1.82) is 0 Å². The van der Waals surface area contributed by atoms with Crippen LogP contribution in [-0.4, -0.2) is 42.3 Å². The second-order valence-electron chi connectivity index (χ2n) is 7.09. The lowest BCUT2D eigenvalue weighted by atomic mass is 10.1. The first-order valence-electron chi connectivity index (χ1n) is 8.87. The van der Waals surface area contributed by atoms with E-state index in [0.29, 0.717) is 13.1 Å². The van der Waals surface area contributed by atoms with Crippen LogP contribution in [0.5, 0.6) is 0 Å². The maximum Gasteiger partial charge on any atom is 0.229 e. The van der Waals surface area contributed by atoms with Crippen molar-refractivity contribution in [2.45, 2.75) is 19.5 Å². The molecule has 1 saturated heterocycles. The Morgan fingerprint density at radius 1 is 1.12 bits per heavy atom. The zero-order valence-corrected chi connectivity index (χ0v) is 15.3. The third-order valence-corrected chi connectivity index (χ3v) is 4.49. The zero-order chi connectivity index (χ0) is 18.5. The standard InChI is InChI=1S/C21H25N3O2/c1-23(2)13-17-9-6-10-19(11-17)22-21(26)18-12-20(25)24(15-18)14-16-7-4-3-5-8-16/h3-11,18H,12-15H2,1-2H3,(H,22,26). The minimum absolute atomic E-state index is 0.0374. The van der Waals surface area contributed by atoms with Gasteiger partial charge in [-0.05, 0) is 37.4 Å². The van der Waals surface area contributed by atoms with Crippen LogP contribution in [0.15, 0.2) is 54.6 Å². The van der Waals surface area contributed by atoms with Gasteiger partial charge in [0.05, 0.1) is 5.92 Å². The molecule has 1 aliphatic rings. The van der Waals surface area contributed by atoms with Crippen LogP contribution >= 0.6 is 0 Å². The maximum atomic E-state index is 12.6. The molecule has 0 aromatic heterocycles. The van der Waals surface area contributed by atoms with Crippen molar-refractivity contribution in [1.82, 2.24) is 9.80 Å². The average molecular weight is 351 g/mol. The molecule has 1 N–H and O–H groups in total. The van der Waals surface area contributed by atoms with Crippen LogP contribution in [0, 0.1) is 5.92 Å². The topological polar surface area (TPSA) is 52.7 Å². The quantitative estimate of drug-likeness (QED) is 0.871. The molecular formula is C21H25N3O2. The highest BCUT2D eigenvalue weighted by molar-refractivity contribution is 5.97. The largest absolute Gasteiger partial charge is 0.338 e. The first-order valence-corrected chi connectivity index (χ1v) is 8.87. The summed E-state index contributed by atoms with van der Waals surface area (Å²) in [6.45, 7) is 1.84. The van der Waals surface area contributed by atoms with Crippen LogP contribution in [-0.2, 0) is 22.7 Å². The summed E-state index contributed by atoms with van der Waals surface area (Å²) in [4.78, 5) is 28.7. The molecule has 26 heavy (non-hydrogen) atoms. The first-order chi connectivity index (χ1) is 12.5. The van der Waals surface area contributed by atoms with Gasteiger partial charge in [-0.1, -0.05) is 42.5 Å². The average Bonchev–Trinajstić information content (AvgIpc) is 2.96. The highest BCUT2D eigenvalue weighted by atomic mass is 16.2. The van der Waals surface area contributed by atoms with Crippen molar-refractivity contribution in [3.05, 3.63) is 65.7 Å². The second-order valence-corrected chi connectivity index (χ2v) is 7.09. The van der Waals surface area contributed by atoms with Crippen molar-refractivity contribution in [3.63, 3.8) is 0 Å². The molecule has 0 aliphatic carbocycles. The van der Waals surface area contributed by atoms with E-state index in [4.69, 9.17) is 0 Å². The summed E-state index contributed by atoms with van der Waals surface area (Å²) >= 11 is 0. The fourth-order valence-corrected chi connectivity index (χ4v) is 3.26. The molecule has 5 nitrogen and oxygen atoms in total. The number of benzene rings is 2. The molecular weight excluding hydrogens is 326 g/mol. The van der Waals surface area contributed by atoms with Gasteiger partial charge in [-0.2, -0.15) is 0 Å². The van der Waals surface area contributed by atoms with Crippen molar-refractivity contribution >= 4 is 17.5 Å². The molecule has 5 heteroatoms. The predicted octanol–water partition coefficient (Wildman–Crippen LogP) is 2.74. The minimum Gasteiger partial charge on any atom is -0.338 e. The lowest BCUT2D eigenvalue weighted by Crippen LogP contribution is -2.28. The molecule has 2 aromatic carbocycles. The number of anilines is 1. The molecule has 0 spiro atoms. The third kappa shape index (κ3) is 4.70. The van der Waals surface area contributed by atoms with Gasteiger partial charge in [0.25, 0.3) is 0 Å². The number of carbonyl (C=O) groups excluding carboxylic acids is 2. The predicted molar refractivity (Wildman–Crippen MR) is 102 cm³/mol. The SMILES string of the molecule is CN(C)Cc1cccc(NC(=O)C2CC(=O)N(Cc3ccccc3)C2)c1. The smallest absolute Gasteiger partial charge is 0.229 e. The van der Waals surface area contributed by atoms with Gasteiger partial charge in [-0.25, -0.2) is 0 Å². The molecule has 3 rings (SSSR count). The van der Waals surface area contributed by atoms with Gasteiger partial charge in [-0.15, -0.1) is 0 Å². The molecule has 1 aliphatic heterocycles. The van der Waals surface area contributed by atoms with Gasteiger partial charge in [0.1, 0.15) is 0 Å². The van der Waals surface area contributed by atoms with Gasteiger partial charge in [0.15, 0.2) is 0 Å². The van der Waals surface area contributed by atoms with E-state index in [1.54, 1.807) is 4.90 Å². The fraction of sp³-hybridized carbons (Fsp3) is 0.333. The Balaban J connectivity index is 1.59. The molecule has 0 saturated carbocycles. The van der Waals surface area contributed by atoms with Gasteiger partial charge >= 0.3 is 0 Å². The molecule has 0 bridgehead atoms. The van der Waals surface area contributed by atoms with E-state index in [1.165, 1.54) is 0 Å². The number of nitrogens with one attached hydrogen (secondary N) is 1. The molecule has 1 heterocycles. The highest BCUT2D eigenvalue weighted by Crippen LogP contribution is 2.22. The third-order valence-electron chi connectivity index (χ3n) is 4.49. The Kier molecular flexibility index (Phi) is 5.68. The Hall–Kier alpha value is -2.66. The minimum atomic E-state index is -0.302. The van der Waals surface area contributed by atoms with E-state index in [9.17, 15) is 9.59 Å². The molecule has 2 aromatic rings. The number of hydrogen-bond donors (Lipinski definition) is 1. The van der Waals surface area contributed by atoms with Crippen LogP contribution in [0.2, 0.25) is 0 Å². The summed E-state index contributed by atoms with van der Waals surface area (Å²) in [6, 6.07) is 17.7. The molecule has 1 fully saturated rings. The molecule has 0 radical (unpaired) electrons. The van der Waals surface area contributed by atoms with Gasteiger partial charge in [-0.3, -0.25) is 9.59 Å². The van der Waals surface area contributed by atoms with Crippen LogP contribution in [0.25, 0.3) is 0 Å². The number of nitrogens with zero attached hydrogens (tertiary/aromatic N) is 2. The van der Waals surface area contributed by atoms with E-state index in [0.717, 1.165) is 23.4 Å². The molecule has 1 atom stereocenters. The van der Waals surface area contributed by atoms with E-state index in [-0.39, 0.29) is 24.2 Å². The molecule has 2 amide bonds. The van der Waals surface area contributed by atoms with Crippen LogP contribution in [0.4, 0.5) is 5.69 Å². The Morgan fingerprint density at radius 3 is 2.58 bits per heavy atom.